The number of rotatable bonds is 4. The van der Waals surface area contributed by atoms with E-state index in [1.807, 2.05) is 13.0 Å². The second kappa shape index (κ2) is 6.46. The van der Waals surface area contributed by atoms with Crippen LogP contribution in [0.1, 0.15) is 31.4 Å². The average molecular weight is 266 g/mol. The van der Waals surface area contributed by atoms with E-state index in [2.05, 4.69) is 4.90 Å². The number of nitrogens with zero attached hydrogens (tertiary/aromatic N) is 1. The third kappa shape index (κ3) is 3.53. The van der Waals surface area contributed by atoms with Crippen molar-refractivity contribution >= 4 is 0 Å². The Morgan fingerprint density at radius 3 is 2.95 bits per heavy atom. The highest BCUT2D eigenvalue weighted by atomic mass is 19.1. The first-order valence-electron chi connectivity index (χ1n) is 6.97. The number of hydrogen-bond donors (Lipinski definition) is 2. The molecule has 1 aliphatic rings. The van der Waals surface area contributed by atoms with Crippen molar-refractivity contribution in [3.63, 3.8) is 0 Å². The van der Waals surface area contributed by atoms with Crippen LogP contribution in [0.4, 0.5) is 4.39 Å². The maximum atomic E-state index is 13.4. The van der Waals surface area contributed by atoms with Crippen molar-refractivity contribution in [2.75, 3.05) is 19.7 Å². The van der Waals surface area contributed by atoms with Crippen molar-refractivity contribution < 1.29 is 9.50 Å². The molecule has 0 bridgehead atoms. The predicted octanol–water partition coefficient (Wildman–Crippen LogP) is 1.92. The first-order valence-corrected chi connectivity index (χ1v) is 6.97. The van der Waals surface area contributed by atoms with E-state index in [-0.39, 0.29) is 24.5 Å². The molecule has 3 N–H and O–H groups in total. The molecule has 3 nitrogen and oxygen atoms in total. The lowest BCUT2D eigenvalue weighted by atomic mass is 9.92. The molecule has 2 rings (SSSR count). The lowest BCUT2D eigenvalue weighted by Crippen LogP contribution is -2.45. The Hall–Kier alpha value is -0.970. The fourth-order valence-electron chi connectivity index (χ4n) is 3.04. The van der Waals surface area contributed by atoms with E-state index < -0.39 is 0 Å². The average Bonchev–Trinajstić information content (AvgIpc) is 2.39. The van der Waals surface area contributed by atoms with E-state index in [1.54, 1.807) is 12.1 Å². The maximum Gasteiger partial charge on any atom is 0.123 e. The van der Waals surface area contributed by atoms with E-state index in [4.69, 9.17) is 5.73 Å². The van der Waals surface area contributed by atoms with E-state index in [1.165, 1.54) is 6.07 Å². The molecule has 1 heterocycles. The van der Waals surface area contributed by atoms with Crippen molar-refractivity contribution in [1.29, 1.82) is 0 Å². The van der Waals surface area contributed by atoms with Crippen LogP contribution in [0, 0.1) is 11.7 Å². The minimum Gasteiger partial charge on any atom is -0.396 e. The van der Waals surface area contributed by atoms with Crippen LogP contribution in [-0.2, 0) is 0 Å². The first-order chi connectivity index (χ1) is 9.11. The topological polar surface area (TPSA) is 49.5 Å². The zero-order chi connectivity index (χ0) is 13.8. The Labute approximate surface area is 114 Å². The molecule has 0 aromatic heterocycles. The van der Waals surface area contributed by atoms with Crippen LogP contribution in [0.5, 0.6) is 0 Å². The lowest BCUT2D eigenvalue weighted by molar-refractivity contribution is 0.0792. The van der Waals surface area contributed by atoms with Gasteiger partial charge in [0.05, 0.1) is 0 Å². The number of aliphatic hydroxyl groups is 1. The van der Waals surface area contributed by atoms with Crippen LogP contribution in [-0.4, -0.2) is 35.7 Å². The highest BCUT2D eigenvalue weighted by Crippen LogP contribution is 2.29. The monoisotopic (exact) mass is 266 g/mol. The van der Waals surface area contributed by atoms with Gasteiger partial charge in [-0.15, -0.1) is 0 Å². The number of halogens is 1. The Morgan fingerprint density at radius 1 is 1.53 bits per heavy atom. The first kappa shape index (κ1) is 14.4. The molecule has 0 aliphatic carbocycles. The Balaban J connectivity index is 2.20. The smallest absolute Gasteiger partial charge is 0.123 e. The summed E-state index contributed by atoms with van der Waals surface area (Å²) in [5.41, 5.74) is 7.03. The molecule has 0 saturated carbocycles. The highest BCUT2D eigenvalue weighted by molar-refractivity contribution is 5.22. The van der Waals surface area contributed by atoms with Crippen LogP contribution >= 0.6 is 0 Å². The van der Waals surface area contributed by atoms with Crippen molar-refractivity contribution in [1.82, 2.24) is 4.90 Å². The molecule has 19 heavy (non-hydrogen) atoms. The zero-order valence-electron chi connectivity index (χ0n) is 11.4. The Morgan fingerprint density at radius 2 is 2.32 bits per heavy atom. The number of aliphatic hydroxyl groups excluding tert-OH is 1. The van der Waals surface area contributed by atoms with Crippen LogP contribution in [0.25, 0.3) is 0 Å². The third-order valence-corrected chi connectivity index (χ3v) is 3.89. The third-order valence-electron chi connectivity index (χ3n) is 3.89. The van der Waals surface area contributed by atoms with Gasteiger partial charge in [-0.1, -0.05) is 12.1 Å². The van der Waals surface area contributed by atoms with Gasteiger partial charge in [0.2, 0.25) is 0 Å². The van der Waals surface area contributed by atoms with Gasteiger partial charge in [0.1, 0.15) is 5.82 Å². The number of piperidine rings is 1. The molecule has 0 amide bonds. The molecule has 3 atom stereocenters. The highest BCUT2D eigenvalue weighted by Gasteiger charge is 2.29. The van der Waals surface area contributed by atoms with Crippen molar-refractivity contribution in [2.24, 2.45) is 11.7 Å². The zero-order valence-corrected chi connectivity index (χ0v) is 11.4. The molecule has 0 radical (unpaired) electrons. The predicted molar refractivity (Wildman–Crippen MR) is 74.2 cm³/mol. The molecule has 1 aromatic rings. The summed E-state index contributed by atoms with van der Waals surface area (Å²) >= 11 is 0. The second-order valence-corrected chi connectivity index (χ2v) is 5.54. The molecule has 3 unspecified atom stereocenters. The van der Waals surface area contributed by atoms with E-state index in [0.29, 0.717) is 5.92 Å². The summed E-state index contributed by atoms with van der Waals surface area (Å²) in [6.07, 6.45) is 2.12. The minimum atomic E-state index is -0.223. The SMILES string of the molecule is CC(N)C(c1cccc(F)c1)N1CCCC(CO)C1. The summed E-state index contributed by atoms with van der Waals surface area (Å²) in [7, 11) is 0. The summed E-state index contributed by atoms with van der Waals surface area (Å²) in [5, 5.41) is 9.33. The molecule has 1 aromatic carbocycles. The lowest BCUT2D eigenvalue weighted by Gasteiger charge is -2.39. The normalized spacial score (nSPS) is 24.1. The maximum absolute atomic E-state index is 13.4. The fraction of sp³-hybridized carbons (Fsp3) is 0.600. The van der Waals surface area contributed by atoms with Gasteiger partial charge in [-0.05, 0) is 49.9 Å². The molecule has 4 heteroatoms. The van der Waals surface area contributed by atoms with Crippen molar-refractivity contribution in [2.45, 2.75) is 31.8 Å². The summed E-state index contributed by atoms with van der Waals surface area (Å²) in [4.78, 5) is 2.28. The number of nitrogens with two attached hydrogens (primary N) is 1. The fourth-order valence-corrected chi connectivity index (χ4v) is 3.04. The van der Waals surface area contributed by atoms with E-state index in [0.717, 1.165) is 31.5 Å². The van der Waals surface area contributed by atoms with Gasteiger partial charge in [0.15, 0.2) is 0 Å². The van der Waals surface area contributed by atoms with Gasteiger partial charge < -0.3 is 10.8 Å². The van der Waals surface area contributed by atoms with Gasteiger partial charge in [0, 0.05) is 25.2 Å². The molecule has 1 saturated heterocycles. The Bertz CT molecular complexity index is 411. The molecular formula is C15H23FN2O. The minimum absolute atomic E-state index is 0.0186. The van der Waals surface area contributed by atoms with Crippen LogP contribution < -0.4 is 5.73 Å². The van der Waals surface area contributed by atoms with Gasteiger partial charge >= 0.3 is 0 Å². The Kier molecular flexibility index (Phi) is 4.91. The number of likely N-dealkylation sites (tertiary alicyclic amines) is 1. The number of benzene rings is 1. The molecular weight excluding hydrogens is 243 g/mol. The molecule has 106 valence electrons. The molecule has 1 fully saturated rings. The largest absolute Gasteiger partial charge is 0.396 e. The summed E-state index contributed by atoms with van der Waals surface area (Å²) in [6, 6.07) is 6.63. The van der Waals surface area contributed by atoms with Crippen molar-refractivity contribution in [3.8, 4) is 0 Å². The van der Waals surface area contributed by atoms with Crippen LogP contribution in [0.2, 0.25) is 0 Å². The summed E-state index contributed by atoms with van der Waals surface area (Å²) < 4.78 is 13.4. The van der Waals surface area contributed by atoms with E-state index in [9.17, 15) is 9.50 Å². The van der Waals surface area contributed by atoms with E-state index >= 15 is 0 Å². The summed E-state index contributed by atoms with van der Waals surface area (Å²) in [6.45, 7) is 3.96. The van der Waals surface area contributed by atoms with Gasteiger partial charge in [-0.25, -0.2) is 4.39 Å². The van der Waals surface area contributed by atoms with Gasteiger partial charge in [-0.2, -0.15) is 0 Å². The molecule has 1 aliphatic heterocycles. The second-order valence-electron chi connectivity index (χ2n) is 5.54. The quantitative estimate of drug-likeness (QED) is 0.875. The number of hydrogen-bond acceptors (Lipinski definition) is 3. The van der Waals surface area contributed by atoms with Gasteiger partial charge in [-0.3, -0.25) is 4.90 Å². The van der Waals surface area contributed by atoms with Crippen molar-refractivity contribution in [3.05, 3.63) is 35.6 Å². The standard InChI is InChI=1S/C15H23FN2O/c1-11(17)15(13-5-2-6-14(16)8-13)18-7-3-4-12(9-18)10-19/h2,5-6,8,11-12,15,19H,3-4,7,9-10,17H2,1H3. The van der Waals surface area contributed by atoms with Gasteiger partial charge in [0.25, 0.3) is 0 Å². The summed E-state index contributed by atoms with van der Waals surface area (Å²) in [5.74, 6) is 0.0856. The molecule has 0 spiro atoms. The van der Waals surface area contributed by atoms with Crippen LogP contribution in [0.15, 0.2) is 24.3 Å². The van der Waals surface area contributed by atoms with Crippen LogP contribution in [0.3, 0.4) is 0 Å².